The van der Waals surface area contributed by atoms with E-state index >= 15 is 0 Å². The van der Waals surface area contributed by atoms with Gasteiger partial charge in [-0.2, -0.15) is 0 Å². The molecule has 0 heterocycles. The zero-order valence-electron chi connectivity index (χ0n) is 9.40. The predicted octanol–water partition coefficient (Wildman–Crippen LogP) is 2.50. The minimum Gasteiger partial charge on any atom is -0.348 e. The van der Waals surface area contributed by atoms with Crippen LogP contribution in [0.1, 0.15) is 41.0 Å². The minimum atomic E-state index is -0.303. The van der Waals surface area contributed by atoms with E-state index in [-0.39, 0.29) is 16.9 Å². The van der Waals surface area contributed by atoms with Crippen LogP contribution < -0.4 is 5.32 Å². The second-order valence-corrected chi connectivity index (χ2v) is 5.21. The zero-order chi connectivity index (χ0) is 10.7. The number of nitrogens with one attached hydrogen (secondary N) is 1. The Balaban J connectivity index is 4.10. The van der Waals surface area contributed by atoms with Gasteiger partial charge in [0.05, 0.1) is 5.54 Å². The molecule has 0 aromatic carbocycles. The third kappa shape index (κ3) is 6.38. The van der Waals surface area contributed by atoms with Crippen LogP contribution in [0.15, 0.2) is 12.7 Å². The molecule has 0 rings (SSSR count). The molecule has 1 amide bonds. The highest BCUT2D eigenvalue weighted by atomic mass is 16.1. The molecule has 0 aromatic heterocycles. The maximum Gasteiger partial charge on any atom is 0.221 e. The Morgan fingerprint density at radius 3 is 2.08 bits per heavy atom. The lowest BCUT2D eigenvalue weighted by atomic mass is 9.91. The molecule has 2 heteroatoms. The molecule has 0 fully saturated rings. The molecule has 0 aliphatic heterocycles. The number of carbonyl (C=O) groups excluding carboxylic acids is 1. The van der Waals surface area contributed by atoms with E-state index in [2.05, 4.69) is 11.9 Å². The van der Waals surface area contributed by atoms with Gasteiger partial charge in [-0.25, -0.2) is 0 Å². The normalized spacial score (nSPS) is 12.4. The summed E-state index contributed by atoms with van der Waals surface area (Å²) < 4.78 is 0. The second-order valence-electron chi connectivity index (χ2n) is 5.21. The van der Waals surface area contributed by atoms with E-state index in [4.69, 9.17) is 0 Å². The van der Waals surface area contributed by atoms with Crippen LogP contribution in [-0.4, -0.2) is 11.4 Å². The predicted molar refractivity (Wildman–Crippen MR) is 56.5 cm³/mol. The van der Waals surface area contributed by atoms with E-state index in [9.17, 15) is 4.79 Å². The van der Waals surface area contributed by atoms with Crippen molar-refractivity contribution < 1.29 is 4.79 Å². The molecular weight excluding hydrogens is 162 g/mol. The van der Waals surface area contributed by atoms with Crippen LogP contribution in [-0.2, 0) is 4.79 Å². The smallest absolute Gasteiger partial charge is 0.221 e. The third-order valence-corrected chi connectivity index (χ3v) is 1.66. The van der Waals surface area contributed by atoms with Gasteiger partial charge in [-0.05, 0) is 19.3 Å². The van der Waals surface area contributed by atoms with E-state index < -0.39 is 0 Å². The Kier molecular flexibility index (Phi) is 3.71. The van der Waals surface area contributed by atoms with Gasteiger partial charge in [0.1, 0.15) is 0 Å². The largest absolute Gasteiger partial charge is 0.348 e. The van der Waals surface area contributed by atoms with Gasteiger partial charge < -0.3 is 5.32 Å². The summed E-state index contributed by atoms with van der Waals surface area (Å²) in [6.07, 6.45) is 2.29. The van der Waals surface area contributed by atoms with Crippen molar-refractivity contribution >= 4 is 5.91 Å². The van der Waals surface area contributed by atoms with Crippen LogP contribution in [0.4, 0.5) is 0 Å². The summed E-state index contributed by atoms with van der Waals surface area (Å²) in [6.45, 7) is 13.7. The molecular formula is C11H21NO. The van der Waals surface area contributed by atoms with Gasteiger partial charge in [0.25, 0.3) is 0 Å². The number of hydrogen-bond donors (Lipinski definition) is 1. The topological polar surface area (TPSA) is 29.1 Å². The van der Waals surface area contributed by atoms with Gasteiger partial charge in [0.15, 0.2) is 0 Å². The van der Waals surface area contributed by atoms with Crippen molar-refractivity contribution in [3.8, 4) is 0 Å². The lowest BCUT2D eigenvalue weighted by Gasteiger charge is -2.25. The van der Waals surface area contributed by atoms with Crippen LogP contribution in [0.5, 0.6) is 0 Å². The first-order valence-corrected chi connectivity index (χ1v) is 4.61. The third-order valence-electron chi connectivity index (χ3n) is 1.66. The average Bonchev–Trinajstić information content (AvgIpc) is 1.81. The van der Waals surface area contributed by atoms with E-state index in [1.54, 1.807) is 6.08 Å². The first kappa shape index (κ1) is 12.2. The summed E-state index contributed by atoms with van der Waals surface area (Å²) in [7, 11) is 0. The number of rotatable bonds is 3. The lowest BCUT2D eigenvalue weighted by Crippen LogP contribution is -2.42. The van der Waals surface area contributed by atoms with Gasteiger partial charge in [0.2, 0.25) is 5.91 Å². The Bertz CT molecular complexity index is 199. The molecule has 0 aliphatic carbocycles. The van der Waals surface area contributed by atoms with Crippen molar-refractivity contribution in [3.05, 3.63) is 12.7 Å². The first-order valence-electron chi connectivity index (χ1n) is 4.61. The maximum absolute atomic E-state index is 11.5. The van der Waals surface area contributed by atoms with Crippen molar-refractivity contribution in [1.29, 1.82) is 0 Å². The summed E-state index contributed by atoms with van der Waals surface area (Å²) in [6, 6.07) is 0. The highest BCUT2D eigenvalue weighted by Gasteiger charge is 2.20. The van der Waals surface area contributed by atoms with Crippen molar-refractivity contribution in [2.24, 2.45) is 5.41 Å². The molecule has 0 atom stereocenters. The molecule has 13 heavy (non-hydrogen) atoms. The van der Waals surface area contributed by atoms with Crippen molar-refractivity contribution in [1.82, 2.24) is 5.32 Å². The average molecular weight is 183 g/mol. The number of carbonyl (C=O) groups is 1. The molecule has 0 unspecified atom stereocenters. The van der Waals surface area contributed by atoms with E-state index in [0.717, 1.165) is 0 Å². The standard InChI is InChI=1S/C11H21NO/c1-7-11(5,6)12-9(13)8-10(2,3)4/h7H,1,8H2,2-6H3,(H,12,13). The summed E-state index contributed by atoms with van der Waals surface area (Å²) in [5, 5.41) is 2.91. The van der Waals surface area contributed by atoms with Gasteiger partial charge >= 0.3 is 0 Å². The minimum absolute atomic E-state index is 0.0430. The summed E-state index contributed by atoms with van der Waals surface area (Å²) >= 11 is 0. The van der Waals surface area contributed by atoms with E-state index in [1.165, 1.54) is 0 Å². The maximum atomic E-state index is 11.5. The van der Waals surface area contributed by atoms with Crippen LogP contribution >= 0.6 is 0 Å². The molecule has 0 bridgehead atoms. The van der Waals surface area contributed by atoms with Gasteiger partial charge in [-0.1, -0.05) is 26.8 Å². The Labute approximate surface area is 81.4 Å². The fraction of sp³-hybridized carbons (Fsp3) is 0.727. The molecule has 76 valence electrons. The summed E-state index contributed by atoms with van der Waals surface area (Å²) in [5.74, 6) is 0.0809. The summed E-state index contributed by atoms with van der Waals surface area (Å²) in [4.78, 5) is 11.5. The monoisotopic (exact) mass is 183 g/mol. The van der Waals surface area contributed by atoms with Crippen molar-refractivity contribution in [3.63, 3.8) is 0 Å². The Hall–Kier alpha value is -0.790. The Morgan fingerprint density at radius 2 is 1.77 bits per heavy atom. The molecule has 2 nitrogen and oxygen atoms in total. The SMILES string of the molecule is C=CC(C)(C)NC(=O)CC(C)(C)C. The molecule has 0 radical (unpaired) electrons. The van der Waals surface area contributed by atoms with Gasteiger partial charge in [0, 0.05) is 6.42 Å². The molecule has 0 saturated carbocycles. The number of amides is 1. The van der Waals surface area contributed by atoms with Crippen LogP contribution in [0.2, 0.25) is 0 Å². The van der Waals surface area contributed by atoms with Crippen LogP contribution in [0, 0.1) is 5.41 Å². The van der Waals surface area contributed by atoms with Crippen molar-refractivity contribution in [2.75, 3.05) is 0 Å². The fourth-order valence-electron chi connectivity index (χ4n) is 0.936. The van der Waals surface area contributed by atoms with E-state index in [1.807, 2.05) is 34.6 Å². The Morgan fingerprint density at radius 1 is 1.31 bits per heavy atom. The quantitative estimate of drug-likeness (QED) is 0.669. The van der Waals surface area contributed by atoms with E-state index in [0.29, 0.717) is 6.42 Å². The fourth-order valence-corrected chi connectivity index (χ4v) is 0.936. The molecule has 0 spiro atoms. The van der Waals surface area contributed by atoms with Crippen LogP contribution in [0.25, 0.3) is 0 Å². The highest BCUT2D eigenvalue weighted by Crippen LogP contribution is 2.18. The molecule has 0 aliphatic rings. The molecule has 0 aromatic rings. The highest BCUT2D eigenvalue weighted by molar-refractivity contribution is 5.77. The van der Waals surface area contributed by atoms with Crippen LogP contribution in [0.3, 0.4) is 0 Å². The molecule has 0 saturated heterocycles. The second kappa shape index (κ2) is 3.95. The summed E-state index contributed by atoms with van der Waals surface area (Å²) in [5.41, 5.74) is -0.260. The van der Waals surface area contributed by atoms with Crippen molar-refractivity contribution in [2.45, 2.75) is 46.6 Å². The van der Waals surface area contributed by atoms with Gasteiger partial charge in [-0.3, -0.25) is 4.79 Å². The first-order chi connectivity index (χ1) is 5.66. The number of hydrogen-bond acceptors (Lipinski definition) is 1. The zero-order valence-corrected chi connectivity index (χ0v) is 9.40. The van der Waals surface area contributed by atoms with Gasteiger partial charge in [-0.15, -0.1) is 6.58 Å². The molecule has 1 N–H and O–H groups in total. The lowest BCUT2D eigenvalue weighted by molar-refractivity contribution is -0.123.